The Labute approximate surface area is 169 Å². The van der Waals surface area contributed by atoms with E-state index in [-0.39, 0.29) is 31.6 Å². The largest absolute Gasteiger partial charge is 0.444 e. The second-order valence-electron chi connectivity index (χ2n) is 6.77. The molecular weight excluding hydrogens is 380 g/mol. The van der Waals surface area contributed by atoms with Gasteiger partial charge in [-0.1, -0.05) is 35.9 Å². The predicted octanol–water partition coefficient (Wildman–Crippen LogP) is 3.61. The van der Waals surface area contributed by atoms with Crippen LogP contribution >= 0.6 is 11.6 Å². The Balaban J connectivity index is 1.47. The zero-order valence-electron chi connectivity index (χ0n) is 15.4. The molecule has 1 saturated heterocycles. The summed E-state index contributed by atoms with van der Waals surface area (Å²) in [6.45, 7) is 0.854. The Kier molecular flexibility index (Phi) is 6.90. The van der Waals surface area contributed by atoms with E-state index >= 15 is 0 Å². The number of nitrogens with one attached hydrogen (secondary N) is 1. The first-order valence-electron chi connectivity index (χ1n) is 9.22. The van der Waals surface area contributed by atoms with Crippen LogP contribution in [0.1, 0.15) is 24.0 Å². The van der Waals surface area contributed by atoms with E-state index in [9.17, 15) is 14.7 Å². The molecule has 0 aliphatic carbocycles. The monoisotopic (exact) mass is 402 g/mol. The fourth-order valence-electron chi connectivity index (χ4n) is 3.22. The first kappa shape index (κ1) is 20.2. The smallest absolute Gasteiger partial charge is 0.411 e. The average Bonchev–Trinajstić information content (AvgIpc) is 3.18. The van der Waals surface area contributed by atoms with Crippen LogP contribution in [0.25, 0.3) is 0 Å². The lowest BCUT2D eigenvalue weighted by Gasteiger charge is -2.23. The summed E-state index contributed by atoms with van der Waals surface area (Å²) in [5.74, 6) is 0.0135. The van der Waals surface area contributed by atoms with Crippen LogP contribution < -0.4 is 5.32 Å². The minimum absolute atomic E-state index is 0.00668. The zero-order chi connectivity index (χ0) is 19.9. The van der Waals surface area contributed by atoms with Crippen molar-refractivity contribution in [2.75, 3.05) is 18.5 Å². The van der Waals surface area contributed by atoms with Crippen LogP contribution in [0.3, 0.4) is 0 Å². The van der Waals surface area contributed by atoms with E-state index in [4.69, 9.17) is 16.3 Å². The van der Waals surface area contributed by atoms with Crippen LogP contribution in [0.15, 0.2) is 48.5 Å². The van der Waals surface area contributed by atoms with E-state index in [1.165, 1.54) is 0 Å². The number of ether oxygens (including phenoxy) is 1. The molecule has 7 heteroatoms. The molecule has 1 fully saturated rings. The number of carbonyl (C=O) groups excluding carboxylic acids is 2. The molecule has 1 atom stereocenters. The molecule has 6 nitrogen and oxygen atoms in total. The third-order valence-corrected chi connectivity index (χ3v) is 5.00. The Bertz CT molecular complexity index is 808. The van der Waals surface area contributed by atoms with Gasteiger partial charge in [-0.2, -0.15) is 0 Å². The lowest BCUT2D eigenvalue weighted by Crippen LogP contribution is -2.38. The van der Waals surface area contributed by atoms with E-state index < -0.39 is 6.09 Å². The minimum Gasteiger partial charge on any atom is -0.444 e. The SMILES string of the molecule is O=C(Nc1ccc(CC(=O)N2CCCC2CO)cc1)OCc1ccc(Cl)cc1. The molecule has 1 unspecified atom stereocenters. The van der Waals surface area contributed by atoms with E-state index in [1.54, 1.807) is 53.4 Å². The third kappa shape index (κ3) is 5.47. The van der Waals surface area contributed by atoms with Crippen LogP contribution in [0.5, 0.6) is 0 Å². The summed E-state index contributed by atoms with van der Waals surface area (Å²) in [4.78, 5) is 26.1. The lowest BCUT2D eigenvalue weighted by atomic mass is 10.1. The zero-order valence-corrected chi connectivity index (χ0v) is 16.2. The molecule has 2 aromatic rings. The molecule has 2 amide bonds. The van der Waals surface area contributed by atoms with Crippen molar-refractivity contribution in [3.05, 3.63) is 64.7 Å². The molecule has 28 heavy (non-hydrogen) atoms. The quantitative estimate of drug-likeness (QED) is 0.773. The maximum Gasteiger partial charge on any atom is 0.411 e. The standard InChI is InChI=1S/C21H23ClN2O4/c22-17-7-3-16(4-8-17)14-28-21(27)23-18-9-5-15(6-10-18)12-20(26)24-11-1-2-19(24)13-25/h3-10,19,25H,1-2,11-14H2,(H,23,27). The summed E-state index contributed by atoms with van der Waals surface area (Å²) in [6.07, 6.45) is 1.50. The number of aliphatic hydroxyl groups excluding tert-OH is 1. The van der Waals surface area contributed by atoms with Crippen molar-refractivity contribution in [1.82, 2.24) is 4.90 Å². The van der Waals surface area contributed by atoms with Gasteiger partial charge in [-0.25, -0.2) is 4.79 Å². The molecule has 1 aliphatic rings. The van der Waals surface area contributed by atoms with Crippen molar-refractivity contribution >= 4 is 29.3 Å². The number of carbonyl (C=O) groups is 2. The molecule has 3 rings (SSSR count). The number of hydrogen-bond donors (Lipinski definition) is 2. The molecule has 0 aromatic heterocycles. The average molecular weight is 403 g/mol. The summed E-state index contributed by atoms with van der Waals surface area (Å²) >= 11 is 5.82. The Morgan fingerprint density at radius 1 is 1.11 bits per heavy atom. The summed E-state index contributed by atoms with van der Waals surface area (Å²) in [6, 6.07) is 14.1. The lowest BCUT2D eigenvalue weighted by molar-refractivity contribution is -0.131. The summed E-state index contributed by atoms with van der Waals surface area (Å²) in [5.41, 5.74) is 2.29. The van der Waals surface area contributed by atoms with Crippen molar-refractivity contribution in [2.45, 2.75) is 31.9 Å². The molecule has 148 valence electrons. The second-order valence-corrected chi connectivity index (χ2v) is 7.20. The molecule has 2 N–H and O–H groups in total. The van der Waals surface area contributed by atoms with Crippen LogP contribution in [-0.4, -0.2) is 41.2 Å². The number of hydrogen-bond acceptors (Lipinski definition) is 4. The Morgan fingerprint density at radius 2 is 1.79 bits per heavy atom. The minimum atomic E-state index is -0.554. The highest BCUT2D eigenvalue weighted by molar-refractivity contribution is 6.30. The van der Waals surface area contributed by atoms with Gasteiger partial charge in [0.1, 0.15) is 6.61 Å². The van der Waals surface area contributed by atoms with Gasteiger partial charge in [0.15, 0.2) is 0 Å². The molecule has 1 heterocycles. The third-order valence-electron chi connectivity index (χ3n) is 4.75. The van der Waals surface area contributed by atoms with Crippen LogP contribution in [0.2, 0.25) is 5.02 Å². The van der Waals surface area contributed by atoms with Crippen molar-refractivity contribution < 1.29 is 19.4 Å². The van der Waals surface area contributed by atoms with Gasteiger partial charge in [-0.15, -0.1) is 0 Å². The first-order chi connectivity index (χ1) is 13.5. The van der Waals surface area contributed by atoms with Gasteiger partial charge in [0.25, 0.3) is 0 Å². The van der Waals surface area contributed by atoms with Crippen molar-refractivity contribution in [2.24, 2.45) is 0 Å². The fraction of sp³-hybridized carbons (Fsp3) is 0.333. The highest BCUT2D eigenvalue weighted by Crippen LogP contribution is 2.19. The predicted molar refractivity (Wildman–Crippen MR) is 107 cm³/mol. The van der Waals surface area contributed by atoms with Gasteiger partial charge >= 0.3 is 6.09 Å². The number of halogens is 1. The topological polar surface area (TPSA) is 78.9 Å². The van der Waals surface area contributed by atoms with Crippen molar-refractivity contribution in [1.29, 1.82) is 0 Å². The van der Waals surface area contributed by atoms with Gasteiger partial charge in [0.2, 0.25) is 5.91 Å². The Hall–Kier alpha value is -2.57. The molecule has 0 spiro atoms. The first-order valence-corrected chi connectivity index (χ1v) is 9.60. The maximum atomic E-state index is 12.4. The maximum absolute atomic E-state index is 12.4. The molecule has 0 bridgehead atoms. The van der Waals surface area contributed by atoms with Crippen LogP contribution in [0.4, 0.5) is 10.5 Å². The number of likely N-dealkylation sites (tertiary alicyclic amines) is 1. The van der Waals surface area contributed by atoms with Crippen molar-refractivity contribution in [3.8, 4) is 0 Å². The van der Waals surface area contributed by atoms with Gasteiger partial charge in [-0.3, -0.25) is 10.1 Å². The summed E-state index contributed by atoms with van der Waals surface area (Å²) in [7, 11) is 0. The summed E-state index contributed by atoms with van der Waals surface area (Å²) < 4.78 is 5.18. The number of aliphatic hydroxyl groups is 1. The van der Waals surface area contributed by atoms with Gasteiger partial charge in [-0.05, 0) is 48.2 Å². The number of nitrogens with zero attached hydrogens (tertiary/aromatic N) is 1. The van der Waals surface area contributed by atoms with E-state index in [1.807, 2.05) is 0 Å². The highest BCUT2D eigenvalue weighted by Gasteiger charge is 2.27. The van der Waals surface area contributed by atoms with E-state index in [2.05, 4.69) is 5.32 Å². The van der Waals surface area contributed by atoms with Gasteiger partial charge in [0, 0.05) is 17.3 Å². The van der Waals surface area contributed by atoms with Crippen molar-refractivity contribution in [3.63, 3.8) is 0 Å². The summed E-state index contributed by atoms with van der Waals surface area (Å²) in [5, 5.41) is 12.6. The molecular formula is C21H23ClN2O4. The Morgan fingerprint density at radius 3 is 2.46 bits per heavy atom. The molecule has 1 aliphatic heterocycles. The molecule has 0 radical (unpaired) electrons. The van der Waals surface area contributed by atoms with E-state index in [0.717, 1.165) is 24.0 Å². The van der Waals surface area contributed by atoms with Crippen LogP contribution in [-0.2, 0) is 22.6 Å². The van der Waals surface area contributed by atoms with E-state index in [0.29, 0.717) is 17.3 Å². The number of amides is 2. The number of anilines is 1. The molecule has 2 aromatic carbocycles. The fourth-order valence-corrected chi connectivity index (χ4v) is 3.35. The van der Waals surface area contributed by atoms with Crippen LogP contribution in [0, 0.1) is 0 Å². The number of rotatable bonds is 6. The van der Waals surface area contributed by atoms with Gasteiger partial charge in [0.05, 0.1) is 19.1 Å². The number of benzene rings is 2. The highest BCUT2D eigenvalue weighted by atomic mass is 35.5. The second kappa shape index (κ2) is 9.57. The molecule has 0 saturated carbocycles. The normalized spacial score (nSPS) is 16.1. The van der Waals surface area contributed by atoms with Gasteiger partial charge < -0.3 is 14.7 Å².